The van der Waals surface area contributed by atoms with Crippen molar-refractivity contribution in [3.05, 3.63) is 59.1 Å². The van der Waals surface area contributed by atoms with E-state index in [1.54, 1.807) is 55.6 Å². The van der Waals surface area contributed by atoms with Gasteiger partial charge in [0.05, 0.1) is 7.11 Å². The van der Waals surface area contributed by atoms with E-state index in [2.05, 4.69) is 10.6 Å². The molecule has 0 spiro atoms. The number of carbonyl (C=O) groups is 3. The maximum absolute atomic E-state index is 12.6. The van der Waals surface area contributed by atoms with Crippen LogP contribution >= 0.6 is 11.6 Å². The Morgan fingerprint density at radius 1 is 1.03 bits per heavy atom. The minimum Gasteiger partial charge on any atom is -0.497 e. The van der Waals surface area contributed by atoms with Crippen LogP contribution in [0.1, 0.15) is 30.6 Å². The number of nitrogens with one attached hydrogen (secondary N) is 2. The van der Waals surface area contributed by atoms with Crippen LogP contribution in [0.25, 0.3) is 0 Å². The molecule has 2 aromatic rings. The molecule has 0 aliphatic heterocycles. The lowest BCUT2D eigenvalue weighted by Crippen LogP contribution is -2.46. The number of hydrogen-bond donors (Lipinski definition) is 2. The third kappa shape index (κ3) is 6.77. The first-order valence-corrected chi connectivity index (χ1v) is 9.88. The van der Waals surface area contributed by atoms with Gasteiger partial charge in [-0.15, -0.1) is 0 Å². The second kappa shape index (κ2) is 11.2. The van der Waals surface area contributed by atoms with E-state index in [1.807, 2.05) is 13.8 Å². The molecule has 0 saturated heterocycles. The molecule has 7 nitrogen and oxygen atoms in total. The number of ether oxygens (including phenoxy) is 2. The molecule has 2 atom stereocenters. The summed E-state index contributed by atoms with van der Waals surface area (Å²) in [5, 5.41) is 5.83. The molecule has 2 aromatic carbocycles. The average molecular weight is 433 g/mol. The average Bonchev–Trinajstić information content (AvgIpc) is 2.76. The number of benzene rings is 2. The number of methoxy groups -OCH3 is 1. The van der Waals surface area contributed by atoms with Crippen molar-refractivity contribution in [3.63, 3.8) is 0 Å². The normalized spacial score (nSPS) is 12.4. The predicted molar refractivity (Wildman–Crippen MR) is 115 cm³/mol. The van der Waals surface area contributed by atoms with Crippen LogP contribution in [-0.2, 0) is 14.3 Å². The van der Waals surface area contributed by atoms with Crippen molar-refractivity contribution in [2.45, 2.75) is 26.3 Å². The number of anilines is 1. The van der Waals surface area contributed by atoms with Gasteiger partial charge < -0.3 is 20.1 Å². The molecule has 0 fully saturated rings. The summed E-state index contributed by atoms with van der Waals surface area (Å²) in [5.74, 6) is -1.10. The maximum atomic E-state index is 12.6. The van der Waals surface area contributed by atoms with Gasteiger partial charge in [-0.3, -0.25) is 9.59 Å². The SMILES string of the molecule is CC[C@H](C)[C@H](NC(=O)c1ccc(Cl)cc1)C(=O)OCC(=O)Nc1ccc(OC)cc1. The first kappa shape index (κ1) is 23.2. The van der Waals surface area contributed by atoms with Gasteiger partial charge in [0.2, 0.25) is 0 Å². The molecule has 2 amide bonds. The smallest absolute Gasteiger partial charge is 0.329 e. The summed E-state index contributed by atoms with van der Waals surface area (Å²) in [6.07, 6.45) is 0.638. The number of halogens is 1. The lowest BCUT2D eigenvalue weighted by molar-refractivity contribution is -0.150. The zero-order chi connectivity index (χ0) is 22.1. The van der Waals surface area contributed by atoms with Crippen LogP contribution < -0.4 is 15.4 Å². The Morgan fingerprint density at radius 2 is 1.67 bits per heavy atom. The van der Waals surface area contributed by atoms with Crippen LogP contribution in [0.5, 0.6) is 5.75 Å². The van der Waals surface area contributed by atoms with Crippen LogP contribution in [0.15, 0.2) is 48.5 Å². The van der Waals surface area contributed by atoms with E-state index in [4.69, 9.17) is 21.1 Å². The zero-order valence-electron chi connectivity index (χ0n) is 17.1. The van der Waals surface area contributed by atoms with E-state index in [-0.39, 0.29) is 5.92 Å². The van der Waals surface area contributed by atoms with E-state index in [9.17, 15) is 14.4 Å². The van der Waals surface area contributed by atoms with Crippen molar-refractivity contribution >= 4 is 35.1 Å². The van der Waals surface area contributed by atoms with Crippen LogP contribution in [0, 0.1) is 5.92 Å². The molecule has 8 heteroatoms. The van der Waals surface area contributed by atoms with Crippen molar-refractivity contribution in [1.82, 2.24) is 5.32 Å². The molecule has 2 N–H and O–H groups in total. The van der Waals surface area contributed by atoms with Crippen LogP contribution in [0.3, 0.4) is 0 Å². The van der Waals surface area contributed by atoms with E-state index < -0.39 is 30.4 Å². The predicted octanol–water partition coefficient (Wildman–Crippen LogP) is 3.68. The summed E-state index contributed by atoms with van der Waals surface area (Å²) in [5.41, 5.74) is 0.920. The largest absolute Gasteiger partial charge is 0.497 e. The summed E-state index contributed by atoms with van der Waals surface area (Å²) in [6.45, 7) is 3.26. The van der Waals surface area contributed by atoms with Crippen molar-refractivity contribution in [1.29, 1.82) is 0 Å². The Hall–Kier alpha value is -3.06. The monoisotopic (exact) mass is 432 g/mol. The molecule has 0 bridgehead atoms. The topological polar surface area (TPSA) is 93.7 Å². The van der Waals surface area contributed by atoms with Gasteiger partial charge in [0, 0.05) is 16.3 Å². The second-order valence-electron chi connectivity index (χ2n) is 6.73. The quantitative estimate of drug-likeness (QED) is 0.589. The minimum atomic E-state index is -0.882. The van der Waals surface area contributed by atoms with E-state index in [0.29, 0.717) is 28.4 Å². The third-order valence-corrected chi connectivity index (χ3v) is 4.83. The highest BCUT2D eigenvalue weighted by molar-refractivity contribution is 6.30. The number of hydrogen-bond acceptors (Lipinski definition) is 5. The molecule has 2 rings (SSSR count). The van der Waals surface area contributed by atoms with Gasteiger partial charge in [0.1, 0.15) is 11.8 Å². The van der Waals surface area contributed by atoms with Gasteiger partial charge in [0.25, 0.3) is 11.8 Å². The van der Waals surface area contributed by atoms with Gasteiger partial charge >= 0.3 is 5.97 Å². The Balaban J connectivity index is 1.94. The van der Waals surface area contributed by atoms with Crippen molar-refractivity contribution < 1.29 is 23.9 Å². The Kier molecular flexibility index (Phi) is 8.68. The highest BCUT2D eigenvalue weighted by Crippen LogP contribution is 2.15. The van der Waals surface area contributed by atoms with Crippen LogP contribution in [0.2, 0.25) is 5.02 Å². The number of amides is 2. The Bertz CT molecular complexity index is 868. The molecule has 0 radical (unpaired) electrons. The number of carbonyl (C=O) groups excluding carboxylic acids is 3. The van der Waals surface area contributed by atoms with Gasteiger partial charge in [-0.1, -0.05) is 31.9 Å². The minimum absolute atomic E-state index is 0.182. The Morgan fingerprint density at radius 3 is 2.23 bits per heavy atom. The zero-order valence-corrected chi connectivity index (χ0v) is 17.9. The lowest BCUT2D eigenvalue weighted by Gasteiger charge is -2.22. The molecule has 0 aromatic heterocycles. The molecular weight excluding hydrogens is 408 g/mol. The lowest BCUT2D eigenvalue weighted by atomic mass is 9.99. The molecule has 0 aliphatic carbocycles. The molecular formula is C22H25ClN2O5. The highest BCUT2D eigenvalue weighted by atomic mass is 35.5. The fraction of sp³-hybridized carbons (Fsp3) is 0.318. The van der Waals surface area contributed by atoms with Crippen LogP contribution in [-0.4, -0.2) is 37.5 Å². The molecule has 0 aliphatic rings. The molecule has 160 valence electrons. The fourth-order valence-corrected chi connectivity index (χ4v) is 2.72. The first-order valence-electron chi connectivity index (χ1n) is 9.51. The van der Waals surface area contributed by atoms with E-state index in [1.165, 1.54) is 0 Å². The maximum Gasteiger partial charge on any atom is 0.329 e. The van der Waals surface area contributed by atoms with Gasteiger partial charge in [-0.2, -0.15) is 0 Å². The fourth-order valence-electron chi connectivity index (χ4n) is 2.59. The Labute approximate surface area is 180 Å². The van der Waals surface area contributed by atoms with Crippen molar-refractivity contribution in [2.75, 3.05) is 19.0 Å². The van der Waals surface area contributed by atoms with Gasteiger partial charge in [-0.25, -0.2) is 4.79 Å². The van der Waals surface area contributed by atoms with Gasteiger partial charge in [0.15, 0.2) is 6.61 Å². The first-order chi connectivity index (χ1) is 14.3. The summed E-state index contributed by atoms with van der Waals surface area (Å²) in [7, 11) is 1.55. The third-order valence-electron chi connectivity index (χ3n) is 4.58. The number of rotatable bonds is 9. The summed E-state index contributed by atoms with van der Waals surface area (Å²) in [6, 6.07) is 12.2. The molecule has 0 unspecified atom stereocenters. The van der Waals surface area contributed by atoms with Crippen molar-refractivity contribution in [2.24, 2.45) is 5.92 Å². The van der Waals surface area contributed by atoms with E-state index in [0.717, 1.165) is 0 Å². The van der Waals surface area contributed by atoms with Gasteiger partial charge in [-0.05, 0) is 54.4 Å². The van der Waals surface area contributed by atoms with Crippen molar-refractivity contribution in [3.8, 4) is 5.75 Å². The standard InChI is InChI=1S/C22H25ClN2O5/c1-4-14(2)20(25-21(27)15-5-7-16(23)8-6-15)22(28)30-13-19(26)24-17-9-11-18(29-3)12-10-17/h5-12,14,20H,4,13H2,1-3H3,(H,24,26)(H,25,27)/t14-,20-/m0/s1. The summed E-state index contributed by atoms with van der Waals surface area (Å²) < 4.78 is 10.2. The summed E-state index contributed by atoms with van der Waals surface area (Å²) in [4.78, 5) is 37.1. The second-order valence-corrected chi connectivity index (χ2v) is 7.16. The highest BCUT2D eigenvalue weighted by Gasteiger charge is 2.28. The summed E-state index contributed by atoms with van der Waals surface area (Å²) >= 11 is 5.84. The molecule has 30 heavy (non-hydrogen) atoms. The molecule has 0 saturated carbocycles. The number of esters is 1. The van der Waals surface area contributed by atoms with Crippen LogP contribution in [0.4, 0.5) is 5.69 Å². The van der Waals surface area contributed by atoms with E-state index >= 15 is 0 Å². The molecule has 0 heterocycles.